The monoisotopic (exact) mass is 447 g/mol. The van der Waals surface area contributed by atoms with E-state index in [1.54, 1.807) is 27.7 Å². The van der Waals surface area contributed by atoms with E-state index in [0.29, 0.717) is 12.0 Å². The van der Waals surface area contributed by atoms with Crippen LogP contribution in [0.3, 0.4) is 0 Å². The highest BCUT2D eigenvalue weighted by atomic mass is 31.2. The molecule has 1 fully saturated rings. The maximum atomic E-state index is 12.7. The minimum atomic E-state index is -4.45. The molecule has 2 heterocycles. The lowest BCUT2D eigenvalue weighted by Gasteiger charge is -2.30. The van der Waals surface area contributed by atoms with Gasteiger partial charge in [0.15, 0.2) is 6.23 Å². The molecule has 0 aromatic carbocycles. The number of hydrogen-bond donors (Lipinski definition) is 2. The van der Waals surface area contributed by atoms with Gasteiger partial charge in [-0.25, -0.2) is 9.36 Å². The highest BCUT2D eigenvalue weighted by molar-refractivity contribution is 7.47. The van der Waals surface area contributed by atoms with E-state index in [-0.39, 0.29) is 11.2 Å². The number of nitrogen functional groups attached to an aromatic ring is 1. The summed E-state index contributed by atoms with van der Waals surface area (Å²) in [7, 11) is -3.02. The topological polar surface area (TPSA) is 135 Å². The molecule has 0 saturated carbocycles. The molecule has 5 atom stereocenters. The number of hydrogen-bond acceptors (Lipinski definition) is 8. The Labute approximate surface area is 177 Å². The molecule has 3 N–H and O–H groups in total. The van der Waals surface area contributed by atoms with E-state index >= 15 is 0 Å². The second kappa shape index (κ2) is 8.68. The highest BCUT2D eigenvalue weighted by Gasteiger charge is 2.51. The maximum absolute atomic E-state index is 12.7. The van der Waals surface area contributed by atoms with E-state index in [9.17, 15) is 14.3 Å². The molecule has 0 amide bonds. The largest absolute Gasteiger partial charge is 0.473 e. The van der Waals surface area contributed by atoms with Gasteiger partial charge in [0.1, 0.15) is 18.0 Å². The predicted octanol–water partition coefficient (Wildman–Crippen LogP) is 2.78. The molecule has 0 radical (unpaired) electrons. The van der Waals surface area contributed by atoms with Crippen molar-refractivity contribution in [3.63, 3.8) is 0 Å². The zero-order chi connectivity index (χ0) is 23.1. The quantitative estimate of drug-likeness (QED) is 0.631. The number of phosphoric acid groups is 1. The molecule has 30 heavy (non-hydrogen) atoms. The van der Waals surface area contributed by atoms with Crippen molar-refractivity contribution in [1.29, 1.82) is 0 Å². The Hall–Kier alpha value is -1.29. The Kier molecular flexibility index (Phi) is 7.23. The number of aromatic nitrogens is 2. The summed E-state index contributed by atoms with van der Waals surface area (Å²) in [5.41, 5.74) is 4.61. The van der Waals surface area contributed by atoms with Crippen LogP contribution in [0.15, 0.2) is 11.0 Å². The minimum Gasteiger partial charge on any atom is -0.383 e. The number of methoxy groups -OCH3 is 1. The maximum Gasteiger partial charge on any atom is 0.473 e. The van der Waals surface area contributed by atoms with Gasteiger partial charge >= 0.3 is 13.5 Å². The average Bonchev–Trinajstić information content (AvgIpc) is 2.83. The van der Waals surface area contributed by atoms with Crippen LogP contribution in [0.4, 0.5) is 5.82 Å². The first-order valence-electron chi connectivity index (χ1n) is 9.78. The van der Waals surface area contributed by atoms with Crippen molar-refractivity contribution < 1.29 is 28.0 Å². The highest BCUT2D eigenvalue weighted by Crippen LogP contribution is 2.52. The van der Waals surface area contributed by atoms with E-state index in [0.717, 1.165) is 0 Å². The lowest BCUT2D eigenvalue weighted by atomic mass is 9.87. The lowest BCUT2D eigenvalue weighted by Crippen LogP contribution is -2.39. The second-order valence-electron chi connectivity index (χ2n) is 9.77. The molecule has 1 aliphatic rings. The van der Waals surface area contributed by atoms with Gasteiger partial charge in [-0.05, 0) is 39.5 Å². The molecular formula is C19H34N3O7P. The normalized spacial score (nSPS) is 27.2. The molecule has 0 bridgehead atoms. The lowest BCUT2D eigenvalue weighted by molar-refractivity contribution is -0.0594. The van der Waals surface area contributed by atoms with Crippen molar-refractivity contribution in [2.24, 2.45) is 5.41 Å². The van der Waals surface area contributed by atoms with Crippen LogP contribution in [-0.4, -0.2) is 45.5 Å². The standard InChI is InChI=1S/C19H34N3O7P/c1-11-10-22(17(23)21-15(11)20)16-14(26-8)13(12(27-16)9-18(2,3)4)28-30(24,25)29-19(5,6)7/h10,12-14,16H,9H2,1-8H3,(H,24,25)(H2,20,21,23)/t12-,13-,14-,16-/m1/s1. The molecule has 0 spiro atoms. The fraction of sp³-hybridized carbons (Fsp3) is 0.789. The molecule has 1 unspecified atom stereocenters. The van der Waals surface area contributed by atoms with Crippen molar-refractivity contribution in [1.82, 2.24) is 9.55 Å². The number of anilines is 1. The Morgan fingerprint density at radius 3 is 2.37 bits per heavy atom. The van der Waals surface area contributed by atoms with Gasteiger partial charge in [0.25, 0.3) is 0 Å². The Bertz CT molecular complexity index is 859. The number of rotatable bonds is 6. The van der Waals surface area contributed by atoms with E-state index < -0.39 is 43.7 Å². The SMILES string of the molecule is CO[C@@H]1[C@H](OP(=O)(O)OC(C)(C)C)[C@@H](CC(C)(C)C)O[C@H]1n1cc(C)c(N)nc1=O. The third kappa shape index (κ3) is 6.35. The molecule has 1 saturated heterocycles. The van der Waals surface area contributed by atoms with Gasteiger partial charge in [-0.3, -0.25) is 13.6 Å². The molecule has 11 heteroatoms. The molecule has 0 aliphatic carbocycles. The van der Waals surface area contributed by atoms with Crippen LogP contribution >= 0.6 is 7.82 Å². The van der Waals surface area contributed by atoms with Crippen molar-refractivity contribution in [2.75, 3.05) is 12.8 Å². The van der Waals surface area contributed by atoms with Crippen molar-refractivity contribution >= 4 is 13.6 Å². The molecule has 172 valence electrons. The fourth-order valence-electron chi connectivity index (χ4n) is 3.36. The second-order valence-corrected chi connectivity index (χ2v) is 11.1. The van der Waals surface area contributed by atoms with Crippen LogP contribution in [0, 0.1) is 12.3 Å². The van der Waals surface area contributed by atoms with Crippen LogP contribution in [0.2, 0.25) is 0 Å². The summed E-state index contributed by atoms with van der Waals surface area (Å²) in [4.78, 5) is 26.6. The predicted molar refractivity (Wildman–Crippen MR) is 112 cm³/mol. The summed E-state index contributed by atoms with van der Waals surface area (Å²) in [6, 6.07) is 0. The number of phosphoric ester groups is 1. The molecule has 1 aromatic heterocycles. The molecule has 1 aromatic rings. The van der Waals surface area contributed by atoms with Gasteiger partial charge in [0.2, 0.25) is 0 Å². The van der Waals surface area contributed by atoms with Gasteiger partial charge in [-0.2, -0.15) is 4.98 Å². The van der Waals surface area contributed by atoms with Crippen LogP contribution in [0.25, 0.3) is 0 Å². The van der Waals surface area contributed by atoms with Crippen LogP contribution < -0.4 is 11.4 Å². The van der Waals surface area contributed by atoms with Gasteiger partial charge in [0.05, 0.1) is 11.7 Å². The summed E-state index contributed by atoms with van der Waals surface area (Å²) in [5.74, 6) is 0.126. The van der Waals surface area contributed by atoms with Gasteiger partial charge < -0.3 is 20.1 Å². The fourth-order valence-corrected chi connectivity index (χ4v) is 4.66. The van der Waals surface area contributed by atoms with Crippen molar-refractivity contribution in [3.05, 3.63) is 22.2 Å². The average molecular weight is 447 g/mol. The van der Waals surface area contributed by atoms with E-state index in [2.05, 4.69) is 4.98 Å². The van der Waals surface area contributed by atoms with Crippen molar-refractivity contribution in [3.8, 4) is 0 Å². The number of nitrogens with two attached hydrogens (primary N) is 1. The zero-order valence-corrected chi connectivity index (χ0v) is 19.8. The van der Waals surface area contributed by atoms with E-state index in [4.69, 9.17) is 24.3 Å². The summed E-state index contributed by atoms with van der Waals surface area (Å²) >= 11 is 0. The third-order valence-corrected chi connectivity index (χ3v) is 5.75. The van der Waals surface area contributed by atoms with E-state index in [1.165, 1.54) is 17.9 Å². The molecule has 1 aliphatic heterocycles. The summed E-state index contributed by atoms with van der Waals surface area (Å²) in [6.45, 7) is 12.7. The Balaban J connectivity index is 2.45. The van der Waals surface area contributed by atoms with Crippen LogP contribution in [0.5, 0.6) is 0 Å². The summed E-state index contributed by atoms with van der Waals surface area (Å²) in [5, 5.41) is 0. The summed E-state index contributed by atoms with van der Waals surface area (Å²) in [6.07, 6.45) is -1.34. The number of ether oxygens (including phenoxy) is 2. The molecular weight excluding hydrogens is 413 g/mol. The van der Waals surface area contributed by atoms with E-state index in [1.807, 2.05) is 20.8 Å². The first-order valence-corrected chi connectivity index (χ1v) is 11.3. The first-order chi connectivity index (χ1) is 13.5. The van der Waals surface area contributed by atoms with Crippen molar-refractivity contribution in [2.45, 2.75) is 85.0 Å². The Morgan fingerprint density at radius 2 is 1.87 bits per heavy atom. The Morgan fingerprint density at radius 1 is 1.27 bits per heavy atom. The molecule has 2 rings (SSSR count). The zero-order valence-electron chi connectivity index (χ0n) is 18.9. The number of aryl methyl sites for hydroxylation is 1. The van der Waals surface area contributed by atoms with Crippen LogP contribution in [-0.2, 0) is 23.1 Å². The third-order valence-electron chi connectivity index (χ3n) is 4.46. The summed E-state index contributed by atoms with van der Waals surface area (Å²) < 4.78 is 36.5. The minimum absolute atomic E-state index is 0.126. The van der Waals surface area contributed by atoms with Gasteiger partial charge in [-0.15, -0.1) is 0 Å². The first kappa shape index (κ1) is 25.0. The van der Waals surface area contributed by atoms with Gasteiger partial charge in [-0.1, -0.05) is 20.8 Å². The smallest absolute Gasteiger partial charge is 0.383 e. The van der Waals surface area contributed by atoms with Crippen LogP contribution in [0.1, 0.15) is 59.8 Å². The van der Waals surface area contributed by atoms with Gasteiger partial charge in [0, 0.05) is 18.9 Å². The number of nitrogens with zero attached hydrogens (tertiary/aromatic N) is 2. The molecule has 10 nitrogen and oxygen atoms in total.